The van der Waals surface area contributed by atoms with Crippen molar-refractivity contribution in [3.05, 3.63) is 29.3 Å². The molecule has 156 valence electrons. The average molecular weight is 393 g/mol. The van der Waals surface area contributed by atoms with Gasteiger partial charge in [-0.1, -0.05) is 6.07 Å². The Morgan fingerprint density at radius 1 is 1.25 bits per heavy atom. The molecule has 1 saturated heterocycles. The number of benzene rings is 1. The standard InChI is InChI=1S/C21H31NO6/c1-20(2,3)28-19(24)22-11-12-7-13(9-14(8-12)25-6)15-10-16(23)18-17(15)26-21(4,5)27-18/h7-9,15-18,23H,10-11H2,1-6H3,(H,22,24)/t15-,16+,17-,18+/m1/s1. The Hall–Kier alpha value is -1.83. The topological polar surface area (TPSA) is 86.3 Å². The lowest BCUT2D eigenvalue weighted by atomic mass is 9.93. The van der Waals surface area contributed by atoms with E-state index in [-0.39, 0.29) is 18.1 Å². The number of hydrogen-bond acceptors (Lipinski definition) is 6. The van der Waals surface area contributed by atoms with Crippen LogP contribution in [0.4, 0.5) is 4.79 Å². The van der Waals surface area contributed by atoms with Crippen molar-refractivity contribution in [2.75, 3.05) is 7.11 Å². The second-order valence-corrected chi connectivity index (χ2v) is 8.94. The van der Waals surface area contributed by atoms with Crippen molar-refractivity contribution in [1.82, 2.24) is 5.32 Å². The van der Waals surface area contributed by atoms with Gasteiger partial charge in [-0.3, -0.25) is 0 Å². The van der Waals surface area contributed by atoms with Gasteiger partial charge in [0.2, 0.25) is 0 Å². The Labute approximate surface area is 166 Å². The lowest BCUT2D eigenvalue weighted by Crippen LogP contribution is -2.32. The van der Waals surface area contributed by atoms with Crippen molar-refractivity contribution in [3.63, 3.8) is 0 Å². The molecular weight excluding hydrogens is 362 g/mol. The van der Waals surface area contributed by atoms with Crippen molar-refractivity contribution in [3.8, 4) is 5.75 Å². The van der Waals surface area contributed by atoms with Crippen LogP contribution in [-0.4, -0.2) is 48.0 Å². The number of hydrogen-bond donors (Lipinski definition) is 2. The molecule has 1 amide bonds. The zero-order valence-electron chi connectivity index (χ0n) is 17.4. The van der Waals surface area contributed by atoms with Crippen molar-refractivity contribution < 1.29 is 28.8 Å². The van der Waals surface area contributed by atoms with Crippen LogP contribution in [0, 0.1) is 0 Å². The van der Waals surface area contributed by atoms with Crippen molar-refractivity contribution in [2.24, 2.45) is 0 Å². The van der Waals surface area contributed by atoms with Gasteiger partial charge in [-0.2, -0.15) is 0 Å². The predicted molar refractivity (Wildman–Crippen MR) is 103 cm³/mol. The van der Waals surface area contributed by atoms with Gasteiger partial charge in [0, 0.05) is 12.5 Å². The molecule has 1 aromatic carbocycles. The zero-order chi connectivity index (χ0) is 20.7. The number of carbonyl (C=O) groups is 1. The van der Waals surface area contributed by atoms with Crippen molar-refractivity contribution >= 4 is 6.09 Å². The number of alkyl carbamates (subject to hydrolysis) is 1. The van der Waals surface area contributed by atoms with Gasteiger partial charge in [-0.05, 0) is 64.3 Å². The Morgan fingerprint density at radius 2 is 1.93 bits per heavy atom. The highest BCUT2D eigenvalue weighted by molar-refractivity contribution is 5.67. The second-order valence-electron chi connectivity index (χ2n) is 8.94. The van der Waals surface area contributed by atoms with E-state index in [9.17, 15) is 9.90 Å². The third-order valence-corrected chi connectivity index (χ3v) is 4.92. The number of methoxy groups -OCH3 is 1. The van der Waals surface area contributed by atoms with Gasteiger partial charge in [0.15, 0.2) is 5.79 Å². The normalized spacial score (nSPS) is 28.7. The van der Waals surface area contributed by atoms with E-state index in [0.29, 0.717) is 18.7 Å². The van der Waals surface area contributed by atoms with Gasteiger partial charge in [0.05, 0.1) is 19.3 Å². The summed E-state index contributed by atoms with van der Waals surface area (Å²) in [7, 11) is 1.61. The summed E-state index contributed by atoms with van der Waals surface area (Å²) in [5.74, 6) is -0.0404. The molecule has 0 unspecified atom stereocenters. The SMILES string of the molecule is COc1cc(CNC(=O)OC(C)(C)C)cc([C@H]2C[C@H](O)[C@@H]3OC(C)(C)O[C@@H]32)c1. The molecule has 2 N–H and O–H groups in total. The van der Waals surface area contributed by atoms with Crippen LogP contribution in [0.25, 0.3) is 0 Å². The lowest BCUT2D eigenvalue weighted by molar-refractivity contribution is -0.163. The number of aliphatic hydroxyl groups excluding tert-OH is 1. The van der Waals surface area contributed by atoms with Crippen LogP contribution in [0.15, 0.2) is 18.2 Å². The van der Waals surface area contributed by atoms with Gasteiger partial charge in [0.25, 0.3) is 0 Å². The van der Waals surface area contributed by atoms with E-state index in [4.69, 9.17) is 18.9 Å². The summed E-state index contributed by atoms with van der Waals surface area (Å²) in [6.45, 7) is 9.49. The molecule has 4 atom stereocenters. The molecule has 0 radical (unpaired) electrons. The van der Waals surface area contributed by atoms with Crippen LogP contribution in [0.3, 0.4) is 0 Å². The highest BCUT2D eigenvalue weighted by Crippen LogP contribution is 2.46. The molecule has 1 heterocycles. The number of aliphatic hydroxyl groups is 1. The fourth-order valence-electron chi connectivity index (χ4n) is 3.89. The number of amides is 1. The number of nitrogens with one attached hydrogen (secondary N) is 1. The van der Waals surface area contributed by atoms with Gasteiger partial charge in [-0.25, -0.2) is 4.79 Å². The molecule has 1 aliphatic heterocycles. The molecule has 7 nitrogen and oxygen atoms in total. The number of carbonyl (C=O) groups excluding carboxylic acids is 1. The molecular formula is C21H31NO6. The van der Waals surface area contributed by atoms with Gasteiger partial charge < -0.3 is 29.4 Å². The first-order chi connectivity index (χ1) is 13.0. The van der Waals surface area contributed by atoms with Crippen LogP contribution in [-0.2, 0) is 20.8 Å². The summed E-state index contributed by atoms with van der Waals surface area (Å²) in [5, 5.41) is 13.2. The fourth-order valence-corrected chi connectivity index (χ4v) is 3.89. The first-order valence-electron chi connectivity index (χ1n) is 9.66. The molecule has 3 rings (SSSR count). The highest BCUT2D eigenvalue weighted by Gasteiger charge is 2.54. The fraction of sp³-hybridized carbons (Fsp3) is 0.667. The van der Waals surface area contributed by atoms with Crippen LogP contribution < -0.4 is 10.1 Å². The molecule has 1 aliphatic carbocycles. The lowest BCUT2D eigenvalue weighted by Gasteiger charge is -2.23. The second kappa shape index (κ2) is 7.54. The van der Waals surface area contributed by atoms with Gasteiger partial charge in [-0.15, -0.1) is 0 Å². The van der Waals surface area contributed by atoms with Gasteiger partial charge >= 0.3 is 6.09 Å². The maximum atomic E-state index is 12.0. The van der Waals surface area contributed by atoms with Crippen LogP contribution >= 0.6 is 0 Å². The largest absolute Gasteiger partial charge is 0.497 e. The molecule has 0 aromatic heterocycles. The summed E-state index contributed by atoms with van der Waals surface area (Å²) in [6, 6.07) is 5.83. The predicted octanol–water partition coefficient (Wildman–Crippen LogP) is 3.09. The molecule has 28 heavy (non-hydrogen) atoms. The molecule has 2 aliphatic rings. The molecule has 1 saturated carbocycles. The molecule has 2 fully saturated rings. The minimum atomic E-state index is -0.713. The van der Waals surface area contributed by atoms with Crippen LogP contribution in [0.5, 0.6) is 5.75 Å². The highest BCUT2D eigenvalue weighted by atomic mass is 16.8. The maximum absolute atomic E-state index is 12.0. The van der Waals surface area contributed by atoms with E-state index in [1.54, 1.807) is 7.11 Å². The first-order valence-corrected chi connectivity index (χ1v) is 9.66. The van der Waals surface area contributed by atoms with E-state index in [1.807, 2.05) is 52.8 Å². The summed E-state index contributed by atoms with van der Waals surface area (Å²) in [4.78, 5) is 12.0. The van der Waals surface area contributed by atoms with E-state index >= 15 is 0 Å². The maximum Gasteiger partial charge on any atom is 0.407 e. The zero-order valence-corrected chi connectivity index (χ0v) is 17.4. The summed E-state index contributed by atoms with van der Waals surface area (Å²) in [5.41, 5.74) is 1.33. The van der Waals surface area contributed by atoms with Crippen molar-refractivity contribution in [1.29, 1.82) is 0 Å². The van der Waals surface area contributed by atoms with Crippen LogP contribution in [0.2, 0.25) is 0 Å². The summed E-state index contributed by atoms with van der Waals surface area (Å²) >= 11 is 0. The van der Waals surface area contributed by atoms with Gasteiger partial charge in [0.1, 0.15) is 17.5 Å². The minimum absolute atomic E-state index is 0.0165. The molecule has 0 spiro atoms. The molecule has 0 bridgehead atoms. The Morgan fingerprint density at radius 3 is 2.57 bits per heavy atom. The van der Waals surface area contributed by atoms with E-state index in [0.717, 1.165) is 11.1 Å². The number of fused-ring (bicyclic) bond motifs is 1. The van der Waals surface area contributed by atoms with Crippen molar-refractivity contribution in [2.45, 2.75) is 83.2 Å². The summed E-state index contributed by atoms with van der Waals surface area (Å²) < 4.78 is 22.7. The Kier molecular flexibility index (Phi) is 5.62. The third kappa shape index (κ3) is 4.77. The first kappa shape index (κ1) is 20.9. The Bertz CT molecular complexity index is 726. The van der Waals surface area contributed by atoms with E-state index < -0.39 is 23.6 Å². The van der Waals surface area contributed by atoms with Crippen LogP contribution in [0.1, 0.15) is 58.1 Å². The monoisotopic (exact) mass is 393 g/mol. The Balaban J connectivity index is 1.77. The number of ether oxygens (including phenoxy) is 4. The van der Waals surface area contributed by atoms with E-state index in [1.165, 1.54) is 0 Å². The smallest absolute Gasteiger partial charge is 0.407 e. The van der Waals surface area contributed by atoms with E-state index in [2.05, 4.69) is 5.32 Å². The average Bonchev–Trinajstić information content (AvgIpc) is 3.05. The summed E-state index contributed by atoms with van der Waals surface area (Å²) in [6.07, 6.45) is -1.05. The molecule has 7 heteroatoms. The molecule has 1 aromatic rings. The number of rotatable bonds is 4. The quantitative estimate of drug-likeness (QED) is 0.818. The third-order valence-electron chi connectivity index (χ3n) is 4.92. The minimum Gasteiger partial charge on any atom is -0.497 e.